The van der Waals surface area contributed by atoms with Crippen LogP contribution in [0.2, 0.25) is 0 Å². The summed E-state index contributed by atoms with van der Waals surface area (Å²) in [6.07, 6.45) is 0. The number of H-pyrrole nitrogens is 1. The van der Waals surface area contributed by atoms with E-state index in [1.807, 2.05) is 11.8 Å². The Morgan fingerprint density at radius 3 is 2.60 bits per heavy atom. The molecule has 0 aliphatic carbocycles. The quantitative estimate of drug-likeness (QED) is 0.610. The highest BCUT2D eigenvalue weighted by atomic mass is 19.1. The minimum absolute atomic E-state index is 0.131. The molecule has 0 spiro atoms. The Bertz CT molecular complexity index is 1230. The smallest absolute Gasteiger partial charge is 0.341 e. The van der Waals surface area contributed by atoms with Crippen LogP contribution in [0.3, 0.4) is 0 Å². The number of anilines is 1. The number of rotatable bonds is 3. The summed E-state index contributed by atoms with van der Waals surface area (Å²) >= 11 is 0. The molecule has 1 unspecified atom stereocenters. The van der Waals surface area contributed by atoms with Crippen molar-refractivity contribution in [2.24, 2.45) is 0 Å². The normalized spacial score (nSPS) is 16.8. The van der Waals surface area contributed by atoms with Crippen molar-refractivity contribution >= 4 is 22.6 Å². The van der Waals surface area contributed by atoms with Crippen LogP contribution in [-0.2, 0) is 0 Å². The minimum Gasteiger partial charge on any atom is -0.477 e. The Hall–Kier alpha value is -3.33. The summed E-state index contributed by atoms with van der Waals surface area (Å²) in [7, 11) is 0. The lowest BCUT2D eigenvalue weighted by atomic mass is 10.0. The molecular formula is C21H18F3N3O3. The summed E-state index contributed by atoms with van der Waals surface area (Å²) in [4.78, 5) is 29.2. The number of halogens is 3. The lowest BCUT2D eigenvalue weighted by Crippen LogP contribution is -2.49. The highest BCUT2D eigenvalue weighted by Gasteiger charge is 2.24. The second-order valence-corrected chi connectivity index (χ2v) is 7.28. The third-order valence-electron chi connectivity index (χ3n) is 5.19. The van der Waals surface area contributed by atoms with Crippen molar-refractivity contribution in [3.05, 3.63) is 63.6 Å². The minimum atomic E-state index is -1.60. The average Bonchev–Trinajstić information content (AvgIpc) is 2.67. The number of carbonyl (C=O) groups is 1. The van der Waals surface area contributed by atoms with Crippen molar-refractivity contribution in [1.29, 1.82) is 0 Å². The molecule has 1 aliphatic rings. The maximum absolute atomic E-state index is 14.8. The van der Waals surface area contributed by atoms with E-state index in [2.05, 4.69) is 10.3 Å². The molecule has 3 N–H and O–H groups in total. The molecule has 0 saturated carbocycles. The molecule has 4 rings (SSSR count). The van der Waals surface area contributed by atoms with Crippen molar-refractivity contribution in [3.8, 4) is 11.3 Å². The van der Waals surface area contributed by atoms with Gasteiger partial charge in [0.1, 0.15) is 23.0 Å². The van der Waals surface area contributed by atoms with Gasteiger partial charge in [-0.15, -0.1) is 0 Å². The summed E-state index contributed by atoms with van der Waals surface area (Å²) in [5.74, 6) is -4.12. The molecule has 1 fully saturated rings. The molecule has 1 saturated heterocycles. The van der Waals surface area contributed by atoms with Crippen molar-refractivity contribution < 1.29 is 23.1 Å². The number of hydrogen-bond donors (Lipinski definition) is 3. The maximum atomic E-state index is 14.8. The van der Waals surface area contributed by atoms with E-state index in [0.29, 0.717) is 25.7 Å². The van der Waals surface area contributed by atoms with E-state index >= 15 is 0 Å². The van der Waals surface area contributed by atoms with E-state index in [4.69, 9.17) is 0 Å². The van der Waals surface area contributed by atoms with Gasteiger partial charge >= 0.3 is 5.97 Å². The molecular weight excluding hydrogens is 399 g/mol. The van der Waals surface area contributed by atoms with Crippen LogP contribution < -0.4 is 15.6 Å². The first kappa shape index (κ1) is 20.0. The number of benzene rings is 2. The fourth-order valence-corrected chi connectivity index (χ4v) is 3.79. The number of pyridine rings is 1. The third-order valence-corrected chi connectivity index (χ3v) is 5.19. The van der Waals surface area contributed by atoms with Gasteiger partial charge in [-0.1, -0.05) is 0 Å². The number of nitrogens with zero attached hydrogens (tertiary/aromatic N) is 1. The number of hydrogen-bond acceptors (Lipinski definition) is 4. The largest absolute Gasteiger partial charge is 0.477 e. The molecule has 1 aromatic heterocycles. The van der Waals surface area contributed by atoms with Crippen molar-refractivity contribution in [2.75, 3.05) is 24.5 Å². The Morgan fingerprint density at radius 2 is 1.93 bits per heavy atom. The van der Waals surface area contributed by atoms with E-state index in [-0.39, 0.29) is 33.9 Å². The average molecular weight is 417 g/mol. The molecule has 9 heteroatoms. The first-order valence-corrected chi connectivity index (χ1v) is 9.33. The van der Waals surface area contributed by atoms with Gasteiger partial charge in [0.25, 0.3) is 0 Å². The number of carboxylic acid groups (broad SMARTS) is 1. The highest BCUT2D eigenvalue weighted by Crippen LogP contribution is 2.29. The van der Waals surface area contributed by atoms with Gasteiger partial charge in [0.2, 0.25) is 5.43 Å². The van der Waals surface area contributed by atoms with Gasteiger partial charge in [0.15, 0.2) is 0 Å². The zero-order valence-electron chi connectivity index (χ0n) is 15.9. The van der Waals surface area contributed by atoms with Crippen molar-refractivity contribution in [2.45, 2.75) is 13.0 Å². The number of aromatic carboxylic acids is 1. The Morgan fingerprint density at radius 1 is 1.17 bits per heavy atom. The Balaban J connectivity index is 1.97. The van der Waals surface area contributed by atoms with Crippen LogP contribution >= 0.6 is 0 Å². The van der Waals surface area contributed by atoms with Gasteiger partial charge < -0.3 is 20.3 Å². The topological polar surface area (TPSA) is 85.4 Å². The van der Waals surface area contributed by atoms with Gasteiger partial charge in [-0.05, 0) is 31.2 Å². The number of piperazine rings is 1. The summed E-state index contributed by atoms with van der Waals surface area (Å²) < 4.78 is 42.5. The summed E-state index contributed by atoms with van der Waals surface area (Å²) in [6.45, 7) is 3.70. The molecule has 0 bridgehead atoms. The van der Waals surface area contributed by atoms with Crippen LogP contribution in [0.25, 0.3) is 22.2 Å². The Kier molecular flexibility index (Phi) is 4.98. The molecule has 6 nitrogen and oxygen atoms in total. The maximum Gasteiger partial charge on any atom is 0.341 e. The van der Waals surface area contributed by atoms with Crippen LogP contribution in [0.1, 0.15) is 17.3 Å². The van der Waals surface area contributed by atoms with E-state index in [1.54, 1.807) is 0 Å². The number of fused-ring (bicyclic) bond motifs is 1. The molecule has 1 atom stereocenters. The summed E-state index contributed by atoms with van der Waals surface area (Å²) in [5.41, 5.74) is -1.85. The second kappa shape index (κ2) is 7.49. The van der Waals surface area contributed by atoms with E-state index < -0.39 is 34.4 Å². The Labute approximate surface area is 168 Å². The highest BCUT2D eigenvalue weighted by molar-refractivity contribution is 5.99. The zero-order chi connectivity index (χ0) is 21.6. The second-order valence-electron chi connectivity index (χ2n) is 7.28. The third kappa shape index (κ3) is 3.41. The fourth-order valence-electron chi connectivity index (χ4n) is 3.79. The van der Waals surface area contributed by atoms with Crippen LogP contribution in [0.5, 0.6) is 0 Å². The molecule has 0 amide bonds. The van der Waals surface area contributed by atoms with Crippen LogP contribution in [0.4, 0.5) is 18.9 Å². The van der Waals surface area contributed by atoms with E-state index in [0.717, 1.165) is 18.2 Å². The van der Waals surface area contributed by atoms with Crippen LogP contribution in [-0.4, -0.2) is 41.7 Å². The van der Waals surface area contributed by atoms with Gasteiger partial charge in [-0.3, -0.25) is 4.79 Å². The van der Waals surface area contributed by atoms with Crippen molar-refractivity contribution in [1.82, 2.24) is 10.3 Å². The monoisotopic (exact) mass is 417 g/mol. The molecule has 0 radical (unpaired) electrons. The predicted molar refractivity (Wildman–Crippen MR) is 107 cm³/mol. The summed E-state index contributed by atoms with van der Waals surface area (Å²) in [5, 5.41) is 12.6. The van der Waals surface area contributed by atoms with Gasteiger partial charge in [-0.2, -0.15) is 0 Å². The SMILES string of the molecule is CC1CN(c2cc3[nH]c(-c4ccc(F)cc4F)c(C(=O)O)c(=O)c3cc2F)CCN1. The zero-order valence-corrected chi connectivity index (χ0v) is 15.9. The molecule has 156 valence electrons. The van der Waals surface area contributed by atoms with Crippen LogP contribution in [0.15, 0.2) is 35.1 Å². The molecule has 2 aromatic carbocycles. The lowest BCUT2D eigenvalue weighted by molar-refractivity contribution is 0.0696. The number of carboxylic acids is 1. The lowest BCUT2D eigenvalue weighted by Gasteiger charge is -2.34. The standard InChI is InChI=1S/C21H18F3N3O3/c1-10-9-27(5-4-25-10)17-8-16-13(7-15(17)24)20(28)18(21(29)30)19(26-16)12-3-2-11(22)6-14(12)23/h2-3,6-8,10,25H,4-5,9H2,1H3,(H,26,28)(H,29,30). The van der Waals surface area contributed by atoms with Gasteiger partial charge in [0, 0.05) is 42.7 Å². The molecule has 2 heterocycles. The van der Waals surface area contributed by atoms with Gasteiger partial charge in [-0.25, -0.2) is 18.0 Å². The number of aromatic nitrogens is 1. The van der Waals surface area contributed by atoms with E-state index in [9.17, 15) is 27.9 Å². The number of nitrogens with one attached hydrogen (secondary N) is 2. The van der Waals surface area contributed by atoms with E-state index in [1.165, 1.54) is 6.07 Å². The molecule has 3 aromatic rings. The number of aromatic amines is 1. The fraction of sp³-hybridized carbons (Fsp3) is 0.238. The van der Waals surface area contributed by atoms with Gasteiger partial charge in [0.05, 0.1) is 16.9 Å². The summed E-state index contributed by atoms with van der Waals surface area (Å²) in [6, 6.07) is 5.16. The molecule has 30 heavy (non-hydrogen) atoms. The predicted octanol–water partition coefficient (Wildman–Crippen LogP) is 3.11. The first-order valence-electron chi connectivity index (χ1n) is 9.33. The van der Waals surface area contributed by atoms with Crippen LogP contribution in [0, 0.1) is 17.5 Å². The molecule has 1 aliphatic heterocycles. The first-order chi connectivity index (χ1) is 14.3. The van der Waals surface area contributed by atoms with Crippen molar-refractivity contribution in [3.63, 3.8) is 0 Å².